The molecule has 1 atom stereocenters. The van der Waals surface area contributed by atoms with E-state index in [9.17, 15) is 44.1 Å². The molecule has 0 radical (unpaired) electrons. The number of carbonyl (C=O) groups excluding carboxylic acids is 3. The van der Waals surface area contributed by atoms with Gasteiger partial charge in [-0.15, -0.1) is 11.3 Å². The predicted molar refractivity (Wildman–Crippen MR) is 157 cm³/mol. The van der Waals surface area contributed by atoms with E-state index in [-0.39, 0.29) is 53.2 Å². The second-order valence-corrected chi connectivity index (χ2v) is 11.4. The summed E-state index contributed by atoms with van der Waals surface area (Å²) in [4.78, 5) is 86.6. The lowest BCUT2D eigenvalue weighted by Gasteiger charge is -2.19. The highest BCUT2D eigenvalue weighted by Crippen LogP contribution is 2.30. The number of fused-ring (bicyclic) bond motifs is 1. The number of carboxylic acids is 2. The van der Waals surface area contributed by atoms with Gasteiger partial charge in [-0.1, -0.05) is 10.3 Å². The van der Waals surface area contributed by atoms with Crippen molar-refractivity contribution < 1.29 is 48.7 Å². The van der Waals surface area contributed by atoms with Crippen molar-refractivity contribution in [2.24, 2.45) is 5.16 Å². The van der Waals surface area contributed by atoms with Gasteiger partial charge in [0.2, 0.25) is 11.0 Å². The van der Waals surface area contributed by atoms with Gasteiger partial charge in [0.25, 0.3) is 17.7 Å². The Balaban J connectivity index is 1.29. The number of rotatable bonds is 11. The van der Waals surface area contributed by atoms with Crippen LogP contribution in [0.4, 0.5) is 5.13 Å². The van der Waals surface area contributed by atoms with Crippen LogP contribution in [0.25, 0.3) is 11.4 Å². The molecule has 0 unspecified atom stereocenters. The van der Waals surface area contributed by atoms with Crippen LogP contribution in [0.1, 0.15) is 25.3 Å². The van der Waals surface area contributed by atoms with Gasteiger partial charge in [-0.25, -0.2) is 24.6 Å². The van der Waals surface area contributed by atoms with E-state index in [1.54, 1.807) is 0 Å². The maximum atomic E-state index is 13.3. The molecule has 5 rings (SSSR count). The number of aromatic amines is 1. The number of H-pyrrole nitrogens is 1. The van der Waals surface area contributed by atoms with Crippen molar-refractivity contribution in [1.82, 2.24) is 35.8 Å². The Bertz CT molecular complexity index is 1930. The van der Waals surface area contributed by atoms with E-state index in [4.69, 9.17) is 15.1 Å². The first kappa shape index (κ1) is 32.3. The number of nitrogens with one attached hydrogen (secondary N) is 3. The summed E-state index contributed by atoms with van der Waals surface area (Å²) in [5.74, 6) is -5.98. The summed E-state index contributed by atoms with van der Waals surface area (Å²) in [6, 6.07) is 1.21. The van der Waals surface area contributed by atoms with Crippen LogP contribution in [0.2, 0.25) is 0 Å². The van der Waals surface area contributed by atoms with Crippen molar-refractivity contribution in [3.63, 3.8) is 0 Å². The maximum absolute atomic E-state index is 13.3. The normalized spacial score (nSPS) is 16.7. The standard InChI is InChI=1S/C26H25N9O11S/c1-26(2,24(43)44)46-33-18(15-9-47-25(27)31-15)21(39)30-14-8-34-7-11(19(23(41)42)35(34)22(14)40)20(38)29-5-10-3-13(32-45-10)12-4-16(36)17(37)6-28-12/h3-4,6,9,14,37H,5,7-8H2,1-2H3,(H2,27,31)(H,28,36)(H,29,38)(H,30,39)(H,41,42)(H,43,44)/b33-18-/t14-/m0/s1. The molecule has 2 aliphatic rings. The zero-order chi connectivity index (χ0) is 34.2. The van der Waals surface area contributed by atoms with Crippen LogP contribution in [-0.4, -0.2) is 101 Å². The lowest BCUT2D eigenvalue weighted by molar-refractivity contribution is -0.161. The van der Waals surface area contributed by atoms with E-state index in [1.165, 1.54) is 30.3 Å². The molecule has 21 heteroatoms. The van der Waals surface area contributed by atoms with Crippen molar-refractivity contribution in [2.75, 3.05) is 18.8 Å². The lowest BCUT2D eigenvalue weighted by atomic mass is 10.1. The molecular weight excluding hydrogens is 646 g/mol. The number of anilines is 1. The number of nitrogens with two attached hydrogens (primary N) is 1. The number of carbonyl (C=O) groups is 5. The smallest absolute Gasteiger partial charge is 0.354 e. The van der Waals surface area contributed by atoms with Crippen LogP contribution < -0.4 is 21.8 Å². The van der Waals surface area contributed by atoms with Crippen molar-refractivity contribution in [2.45, 2.75) is 32.0 Å². The Morgan fingerprint density at radius 2 is 2.00 bits per heavy atom. The molecule has 5 heterocycles. The van der Waals surface area contributed by atoms with Crippen LogP contribution in [0.3, 0.4) is 0 Å². The predicted octanol–water partition coefficient (Wildman–Crippen LogP) is -1.43. The van der Waals surface area contributed by atoms with Gasteiger partial charge in [0.05, 0.1) is 24.4 Å². The minimum absolute atomic E-state index is 0.0576. The van der Waals surface area contributed by atoms with Gasteiger partial charge in [0.1, 0.15) is 17.4 Å². The summed E-state index contributed by atoms with van der Waals surface area (Å²) in [6.45, 7) is 1.62. The van der Waals surface area contributed by atoms with Crippen molar-refractivity contribution >= 4 is 51.8 Å². The Kier molecular flexibility index (Phi) is 8.50. The molecule has 20 nitrogen and oxygen atoms in total. The van der Waals surface area contributed by atoms with Crippen LogP contribution >= 0.6 is 11.3 Å². The molecule has 3 aromatic heterocycles. The fraction of sp³-hybridized carbons (Fsp3) is 0.269. The lowest BCUT2D eigenvalue weighted by Crippen LogP contribution is -2.46. The van der Waals surface area contributed by atoms with Gasteiger partial charge in [0.15, 0.2) is 28.1 Å². The third-order valence-corrected chi connectivity index (χ3v) is 7.49. The number of oxime groups is 1. The molecule has 0 bridgehead atoms. The van der Waals surface area contributed by atoms with E-state index in [2.05, 4.69) is 30.9 Å². The number of hydrogen-bond donors (Lipinski definition) is 7. The SMILES string of the molecule is CC(C)(O/N=C(\C(=O)N[C@H]1CN2CC(C(=O)NCc3cc(-c4cc(=O)c(O)c[nH]4)no3)=C(C(=O)O)N2C1=O)c1csc(N)n1)C(=O)O. The molecule has 246 valence electrons. The van der Waals surface area contributed by atoms with E-state index in [1.807, 2.05) is 0 Å². The summed E-state index contributed by atoms with van der Waals surface area (Å²) in [5.41, 5.74) is 2.21. The summed E-state index contributed by atoms with van der Waals surface area (Å²) < 4.78 is 5.16. The number of aromatic nitrogens is 3. The van der Waals surface area contributed by atoms with E-state index >= 15 is 0 Å². The third-order valence-electron chi connectivity index (χ3n) is 6.81. The van der Waals surface area contributed by atoms with Gasteiger partial charge in [0, 0.05) is 30.3 Å². The monoisotopic (exact) mass is 671 g/mol. The largest absolute Gasteiger partial charge is 0.503 e. The molecular formula is C26H25N9O11S. The zero-order valence-electron chi connectivity index (χ0n) is 24.3. The second-order valence-electron chi connectivity index (χ2n) is 10.5. The number of pyridine rings is 1. The van der Waals surface area contributed by atoms with E-state index in [0.29, 0.717) is 0 Å². The highest BCUT2D eigenvalue weighted by Gasteiger charge is 2.49. The van der Waals surface area contributed by atoms with Crippen molar-refractivity contribution in [3.8, 4) is 17.1 Å². The first-order chi connectivity index (χ1) is 22.2. The quantitative estimate of drug-likeness (QED) is 0.0908. The minimum atomic E-state index is -1.83. The average molecular weight is 672 g/mol. The molecule has 1 fully saturated rings. The van der Waals surface area contributed by atoms with Gasteiger partial charge < -0.3 is 46.0 Å². The number of hydrogen-bond acceptors (Lipinski definition) is 15. The fourth-order valence-electron chi connectivity index (χ4n) is 4.37. The summed E-state index contributed by atoms with van der Waals surface area (Å²) >= 11 is 0.967. The molecule has 3 amide bonds. The number of aliphatic carboxylic acids is 2. The molecule has 2 aliphatic heterocycles. The van der Waals surface area contributed by atoms with Crippen molar-refractivity contribution in [3.05, 3.63) is 56.7 Å². The Hall–Kier alpha value is -6.09. The molecule has 3 aromatic rings. The zero-order valence-corrected chi connectivity index (χ0v) is 25.2. The summed E-state index contributed by atoms with van der Waals surface area (Å²) in [5, 5.41) is 44.5. The van der Waals surface area contributed by atoms with Gasteiger partial charge in [-0.05, 0) is 13.8 Å². The summed E-state index contributed by atoms with van der Waals surface area (Å²) in [6.07, 6.45) is 1.08. The number of aromatic hydroxyl groups is 1. The molecule has 8 N–H and O–H groups in total. The number of amides is 3. The number of nitrogen functional groups attached to an aromatic ring is 1. The van der Waals surface area contributed by atoms with Crippen LogP contribution in [0.15, 0.2) is 49.5 Å². The first-order valence-electron chi connectivity index (χ1n) is 13.4. The number of carboxylic acid groups (broad SMARTS) is 2. The van der Waals surface area contributed by atoms with Crippen LogP contribution in [0, 0.1) is 0 Å². The highest BCUT2D eigenvalue weighted by atomic mass is 32.1. The molecule has 0 spiro atoms. The van der Waals surface area contributed by atoms with E-state index in [0.717, 1.165) is 28.6 Å². The van der Waals surface area contributed by atoms with Gasteiger partial charge in [-0.2, -0.15) is 0 Å². The Labute approximate surface area is 266 Å². The third kappa shape index (κ3) is 6.50. The maximum Gasteiger partial charge on any atom is 0.354 e. The fourth-order valence-corrected chi connectivity index (χ4v) is 4.92. The van der Waals surface area contributed by atoms with Crippen LogP contribution in [0.5, 0.6) is 5.75 Å². The van der Waals surface area contributed by atoms with Crippen LogP contribution in [-0.2, 0) is 35.4 Å². The van der Waals surface area contributed by atoms with Gasteiger partial charge >= 0.3 is 11.9 Å². The average Bonchev–Trinajstić information content (AvgIpc) is 3.79. The molecule has 1 saturated heterocycles. The van der Waals surface area contributed by atoms with Gasteiger partial charge in [-0.3, -0.25) is 19.2 Å². The number of thiazole rings is 1. The molecule has 0 saturated carbocycles. The Morgan fingerprint density at radius 1 is 1.26 bits per heavy atom. The molecule has 47 heavy (non-hydrogen) atoms. The topological polar surface area (TPSA) is 296 Å². The highest BCUT2D eigenvalue weighted by molar-refractivity contribution is 7.13. The van der Waals surface area contributed by atoms with E-state index < -0.39 is 63.9 Å². The molecule has 0 aromatic carbocycles. The second kappa shape index (κ2) is 12.4. The van der Waals surface area contributed by atoms with Crippen molar-refractivity contribution in [1.29, 1.82) is 0 Å². The number of nitrogens with zero attached hydrogens (tertiary/aromatic N) is 5. The first-order valence-corrected chi connectivity index (χ1v) is 14.3. The summed E-state index contributed by atoms with van der Waals surface area (Å²) in [7, 11) is 0. The molecule has 0 aliphatic carbocycles. The minimum Gasteiger partial charge on any atom is -0.503 e. The Morgan fingerprint density at radius 3 is 2.64 bits per heavy atom. The number of hydrazine groups is 1.